The van der Waals surface area contributed by atoms with Gasteiger partial charge in [0.2, 0.25) is 5.91 Å². The number of carbonyl (C=O) groups is 2. The molecule has 0 aliphatic rings. The van der Waals surface area contributed by atoms with E-state index in [0.29, 0.717) is 10.6 Å². The fraction of sp³-hybridized carbons (Fsp3) is 0.231. The molecule has 0 radical (unpaired) electrons. The van der Waals surface area contributed by atoms with E-state index in [0.717, 1.165) is 0 Å². The zero-order valence-corrected chi connectivity index (χ0v) is 11.4. The lowest BCUT2D eigenvalue weighted by Gasteiger charge is -2.07. The van der Waals surface area contributed by atoms with Crippen molar-refractivity contribution in [3.8, 4) is 0 Å². The number of amides is 1. The van der Waals surface area contributed by atoms with Gasteiger partial charge in [0.15, 0.2) is 0 Å². The van der Waals surface area contributed by atoms with Crippen molar-refractivity contribution in [1.82, 2.24) is 5.32 Å². The predicted octanol–water partition coefficient (Wildman–Crippen LogP) is 2.41. The van der Waals surface area contributed by atoms with Crippen LogP contribution in [0.5, 0.6) is 0 Å². The molecule has 0 heterocycles. The molecule has 0 saturated carbocycles. The summed E-state index contributed by atoms with van der Waals surface area (Å²) in [5, 5.41) is 11.2. The quantitative estimate of drug-likeness (QED) is 0.643. The highest BCUT2D eigenvalue weighted by atomic mass is 32.2. The molecule has 0 spiro atoms. The average Bonchev–Trinajstić information content (AvgIpc) is 2.35. The van der Waals surface area contributed by atoms with Gasteiger partial charge in [0.25, 0.3) is 0 Å². The van der Waals surface area contributed by atoms with E-state index in [4.69, 9.17) is 5.11 Å². The van der Waals surface area contributed by atoms with Crippen LogP contribution in [-0.2, 0) is 9.59 Å². The number of carboxylic acids is 1. The third-order valence-electron chi connectivity index (χ3n) is 2.38. The van der Waals surface area contributed by atoms with Crippen LogP contribution in [0.25, 0.3) is 0 Å². The molecule has 1 aromatic carbocycles. The van der Waals surface area contributed by atoms with Crippen LogP contribution < -0.4 is 5.32 Å². The van der Waals surface area contributed by atoms with Gasteiger partial charge >= 0.3 is 5.97 Å². The summed E-state index contributed by atoms with van der Waals surface area (Å²) in [6.45, 7) is 2.94. The molecule has 0 aliphatic heterocycles. The molecule has 2 N–H and O–H groups in total. The van der Waals surface area contributed by atoms with E-state index in [1.54, 1.807) is 12.1 Å². The van der Waals surface area contributed by atoms with Gasteiger partial charge < -0.3 is 10.4 Å². The molecule has 1 aromatic rings. The largest absolute Gasteiger partial charge is 0.478 e. The van der Waals surface area contributed by atoms with Crippen molar-refractivity contribution >= 4 is 23.6 Å². The van der Waals surface area contributed by atoms with Crippen LogP contribution in [-0.4, -0.2) is 22.7 Å². The third-order valence-corrected chi connectivity index (χ3v) is 3.37. The van der Waals surface area contributed by atoms with E-state index in [2.05, 4.69) is 5.32 Å². The van der Waals surface area contributed by atoms with Crippen LogP contribution in [0.2, 0.25) is 0 Å². The summed E-state index contributed by atoms with van der Waals surface area (Å²) in [6, 6.07) is 5.93. The molecular weight excluding hydrogens is 269 g/mol. The molecule has 0 fully saturated rings. The lowest BCUT2D eigenvalue weighted by Crippen LogP contribution is -2.25. The van der Waals surface area contributed by atoms with Crippen molar-refractivity contribution in [1.29, 1.82) is 0 Å². The van der Waals surface area contributed by atoms with E-state index in [1.807, 2.05) is 0 Å². The monoisotopic (exact) mass is 283 g/mol. The Morgan fingerprint density at radius 1 is 1.37 bits per heavy atom. The second-order valence-electron chi connectivity index (χ2n) is 3.85. The predicted molar refractivity (Wildman–Crippen MR) is 71.3 cm³/mol. The van der Waals surface area contributed by atoms with Crippen LogP contribution >= 0.6 is 11.8 Å². The van der Waals surface area contributed by atoms with Crippen LogP contribution in [0.1, 0.15) is 13.8 Å². The normalized spacial score (nSPS) is 11.7. The highest BCUT2D eigenvalue weighted by Crippen LogP contribution is 2.18. The summed E-state index contributed by atoms with van der Waals surface area (Å²) < 4.78 is 12.9. The van der Waals surface area contributed by atoms with Gasteiger partial charge in [0, 0.05) is 10.6 Å². The molecule has 102 valence electrons. The number of thioether (sulfide) groups is 1. The first-order chi connectivity index (χ1) is 8.90. The van der Waals surface area contributed by atoms with Gasteiger partial charge in [0.1, 0.15) is 5.82 Å². The van der Waals surface area contributed by atoms with E-state index in [-0.39, 0.29) is 23.1 Å². The Morgan fingerprint density at radius 2 is 2.05 bits per heavy atom. The zero-order chi connectivity index (χ0) is 14.4. The minimum Gasteiger partial charge on any atom is -0.478 e. The molecule has 6 heteroatoms. The van der Waals surface area contributed by atoms with E-state index >= 15 is 0 Å². The van der Waals surface area contributed by atoms with Gasteiger partial charge in [-0.25, -0.2) is 9.18 Å². The number of aliphatic carboxylic acids is 1. The van der Waals surface area contributed by atoms with Gasteiger partial charge in [-0.2, -0.15) is 0 Å². The minimum absolute atomic E-state index is 0.0871. The molecule has 4 nitrogen and oxygen atoms in total. The van der Waals surface area contributed by atoms with Crippen molar-refractivity contribution in [3.05, 3.63) is 41.4 Å². The van der Waals surface area contributed by atoms with Crippen LogP contribution in [0.3, 0.4) is 0 Å². The molecule has 19 heavy (non-hydrogen) atoms. The average molecular weight is 283 g/mol. The molecule has 0 atom stereocenters. The van der Waals surface area contributed by atoms with Gasteiger partial charge in [-0.1, -0.05) is 6.07 Å². The fourth-order valence-corrected chi connectivity index (χ4v) is 1.95. The number of hydrogen-bond acceptors (Lipinski definition) is 3. The lowest BCUT2D eigenvalue weighted by atomic mass is 10.2. The Labute approximate surface area is 114 Å². The van der Waals surface area contributed by atoms with Crippen molar-refractivity contribution in [3.63, 3.8) is 0 Å². The molecule has 0 saturated heterocycles. The second kappa shape index (κ2) is 6.94. The summed E-state index contributed by atoms with van der Waals surface area (Å²) >= 11 is 1.18. The van der Waals surface area contributed by atoms with Gasteiger partial charge in [0.05, 0.1) is 11.3 Å². The SMILES string of the molecule is CC(NC(=O)CSc1cccc(F)c1)=C(C)C(=O)O. The Morgan fingerprint density at radius 3 is 2.63 bits per heavy atom. The van der Waals surface area contributed by atoms with Gasteiger partial charge in [-0.15, -0.1) is 11.8 Å². The number of halogens is 1. The third kappa shape index (κ3) is 5.13. The number of hydrogen-bond donors (Lipinski definition) is 2. The van der Waals surface area contributed by atoms with E-state index < -0.39 is 5.97 Å². The smallest absolute Gasteiger partial charge is 0.333 e. The van der Waals surface area contributed by atoms with Gasteiger partial charge in [-0.05, 0) is 32.0 Å². The summed E-state index contributed by atoms with van der Waals surface area (Å²) in [6.07, 6.45) is 0. The zero-order valence-electron chi connectivity index (χ0n) is 10.6. The Kier molecular flexibility index (Phi) is 5.57. The summed E-state index contributed by atoms with van der Waals surface area (Å²) in [5.74, 6) is -1.67. The number of benzene rings is 1. The van der Waals surface area contributed by atoms with Crippen molar-refractivity contribution in [2.24, 2.45) is 0 Å². The number of rotatable bonds is 5. The number of carboxylic acid groups (broad SMARTS) is 1. The highest BCUT2D eigenvalue weighted by Gasteiger charge is 2.09. The van der Waals surface area contributed by atoms with Crippen LogP contribution in [0.4, 0.5) is 4.39 Å². The molecule has 0 aromatic heterocycles. The number of carbonyl (C=O) groups excluding carboxylic acids is 1. The number of allylic oxidation sites excluding steroid dienone is 1. The Balaban J connectivity index is 2.53. The topological polar surface area (TPSA) is 66.4 Å². The maximum Gasteiger partial charge on any atom is 0.333 e. The molecule has 1 amide bonds. The minimum atomic E-state index is -1.07. The molecule has 1 rings (SSSR count). The highest BCUT2D eigenvalue weighted by molar-refractivity contribution is 8.00. The Bertz CT molecular complexity index is 528. The second-order valence-corrected chi connectivity index (χ2v) is 4.90. The first-order valence-corrected chi connectivity index (χ1v) is 6.47. The molecule has 0 unspecified atom stereocenters. The van der Waals surface area contributed by atoms with Crippen LogP contribution in [0.15, 0.2) is 40.4 Å². The standard InChI is InChI=1S/C13H14FNO3S/c1-8(13(17)18)9(2)15-12(16)7-19-11-5-3-4-10(14)6-11/h3-6H,7H2,1-2H3,(H,15,16)(H,17,18). The Hall–Kier alpha value is -1.82. The summed E-state index contributed by atoms with van der Waals surface area (Å²) in [4.78, 5) is 22.9. The summed E-state index contributed by atoms with van der Waals surface area (Å²) in [7, 11) is 0. The molecule has 0 bridgehead atoms. The maximum atomic E-state index is 12.9. The maximum absolute atomic E-state index is 12.9. The number of nitrogens with one attached hydrogen (secondary N) is 1. The van der Waals surface area contributed by atoms with Crippen molar-refractivity contribution < 1.29 is 19.1 Å². The van der Waals surface area contributed by atoms with Crippen molar-refractivity contribution in [2.75, 3.05) is 5.75 Å². The lowest BCUT2D eigenvalue weighted by molar-refractivity contribution is -0.132. The first kappa shape index (κ1) is 15.2. The first-order valence-electron chi connectivity index (χ1n) is 5.49. The molecule has 0 aliphatic carbocycles. The van der Waals surface area contributed by atoms with Gasteiger partial charge in [-0.3, -0.25) is 4.79 Å². The summed E-state index contributed by atoms with van der Waals surface area (Å²) in [5.41, 5.74) is 0.390. The molecular formula is C13H14FNO3S. The van der Waals surface area contributed by atoms with Crippen LogP contribution in [0, 0.1) is 5.82 Å². The van der Waals surface area contributed by atoms with E-state index in [1.165, 1.54) is 37.7 Å². The fourth-order valence-electron chi connectivity index (χ4n) is 1.21. The van der Waals surface area contributed by atoms with Crippen molar-refractivity contribution in [2.45, 2.75) is 18.7 Å². The van der Waals surface area contributed by atoms with E-state index in [9.17, 15) is 14.0 Å².